The SMILES string of the molecule is Cc1cc(=O)n(C(C)(C)C)c(=O)n1C(=O)c1ccccc1. The van der Waals surface area contributed by atoms with Gasteiger partial charge in [-0.2, -0.15) is 0 Å². The summed E-state index contributed by atoms with van der Waals surface area (Å²) >= 11 is 0. The lowest BCUT2D eigenvalue weighted by Gasteiger charge is -2.22. The smallest absolute Gasteiger partial charge is 0.269 e. The van der Waals surface area contributed by atoms with Crippen molar-refractivity contribution in [2.24, 2.45) is 0 Å². The lowest BCUT2D eigenvalue weighted by Crippen LogP contribution is -2.49. The van der Waals surface area contributed by atoms with Gasteiger partial charge in [-0.3, -0.25) is 14.2 Å². The van der Waals surface area contributed by atoms with E-state index in [0.717, 1.165) is 9.13 Å². The monoisotopic (exact) mass is 286 g/mol. The van der Waals surface area contributed by atoms with Gasteiger partial charge in [-0.15, -0.1) is 0 Å². The number of hydrogen-bond acceptors (Lipinski definition) is 3. The number of aromatic nitrogens is 2. The number of hydrogen-bond donors (Lipinski definition) is 0. The van der Waals surface area contributed by atoms with E-state index in [4.69, 9.17) is 0 Å². The molecule has 110 valence electrons. The molecule has 5 nitrogen and oxygen atoms in total. The molecule has 0 saturated heterocycles. The van der Waals surface area contributed by atoms with Gasteiger partial charge in [0, 0.05) is 22.9 Å². The van der Waals surface area contributed by atoms with Crippen LogP contribution in [0.25, 0.3) is 0 Å². The van der Waals surface area contributed by atoms with Crippen molar-refractivity contribution < 1.29 is 4.79 Å². The maximum absolute atomic E-state index is 12.6. The summed E-state index contributed by atoms with van der Waals surface area (Å²) in [5.41, 5.74) is -0.967. The van der Waals surface area contributed by atoms with Crippen molar-refractivity contribution in [3.8, 4) is 0 Å². The van der Waals surface area contributed by atoms with E-state index >= 15 is 0 Å². The van der Waals surface area contributed by atoms with E-state index in [0.29, 0.717) is 11.3 Å². The molecule has 0 bridgehead atoms. The van der Waals surface area contributed by atoms with Crippen LogP contribution in [0.4, 0.5) is 0 Å². The third kappa shape index (κ3) is 2.72. The second-order valence-electron chi connectivity index (χ2n) is 5.92. The van der Waals surface area contributed by atoms with Crippen LogP contribution in [0.5, 0.6) is 0 Å². The quantitative estimate of drug-likeness (QED) is 0.802. The zero-order valence-electron chi connectivity index (χ0n) is 12.6. The Bertz CT molecular complexity index is 793. The summed E-state index contributed by atoms with van der Waals surface area (Å²) < 4.78 is 2.14. The first-order chi connectivity index (χ1) is 9.73. The van der Waals surface area contributed by atoms with Gasteiger partial charge in [-0.05, 0) is 39.8 Å². The second kappa shape index (κ2) is 5.16. The normalized spacial score (nSPS) is 11.4. The highest BCUT2D eigenvalue weighted by Gasteiger charge is 2.23. The van der Waals surface area contributed by atoms with Gasteiger partial charge < -0.3 is 0 Å². The average Bonchev–Trinajstić information content (AvgIpc) is 2.37. The summed E-state index contributed by atoms with van der Waals surface area (Å²) in [6.45, 7) is 6.84. The van der Waals surface area contributed by atoms with Crippen LogP contribution in [-0.2, 0) is 5.54 Å². The van der Waals surface area contributed by atoms with E-state index in [2.05, 4.69) is 0 Å². The van der Waals surface area contributed by atoms with E-state index in [1.54, 1.807) is 58.0 Å². The van der Waals surface area contributed by atoms with Crippen LogP contribution in [0.2, 0.25) is 0 Å². The summed E-state index contributed by atoms with van der Waals surface area (Å²) in [5.74, 6) is -0.434. The third-order valence-electron chi connectivity index (χ3n) is 3.18. The molecule has 0 fully saturated rings. The van der Waals surface area contributed by atoms with Crippen molar-refractivity contribution >= 4 is 5.91 Å². The molecular formula is C16H18N2O3. The van der Waals surface area contributed by atoms with Gasteiger partial charge >= 0.3 is 5.69 Å². The van der Waals surface area contributed by atoms with Crippen LogP contribution < -0.4 is 11.2 Å². The molecule has 0 unspecified atom stereocenters. The number of rotatable bonds is 1. The van der Waals surface area contributed by atoms with Crippen LogP contribution in [-0.4, -0.2) is 15.0 Å². The molecule has 2 aromatic rings. The highest BCUT2D eigenvalue weighted by atomic mass is 16.2. The van der Waals surface area contributed by atoms with Crippen LogP contribution in [0.3, 0.4) is 0 Å². The molecule has 0 atom stereocenters. The number of carbonyl (C=O) groups is 1. The maximum atomic E-state index is 12.6. The Morgan fingerprint density at radius 2 is 1.62 bits per heavy atom. The number of nitrogens with zero attached hydrogens (tertiary/aromatic N) is 2. The predicted molar refractivity (Wildman–Crippen MR) is 80.9 cm³/mol. The molecule has 0 aliphatic rings. The van der Waals surface area contributed by atoms with Crippen LogP contribution >= 0.6 is 0 Å². The van der Waals surface area contributed by atoms with Gasteiger partial charge in [0.05, 0.1) is 0 Å². The molecule has 2 rings (SSSR count). The summed E-state index contributed by atoms with van der Waals surface area (Å²) in [7, 11) is 0. The average molecular weight is 286 g/mol. The highest BCUT2D eigenvalue weighted by Crippen LogP contribution is 2.09. The van der Waals surface area contributed by atoms with Gasteiger partial charge in [-0.25, -0.2) is 9.36 Å². The molecule has 1 aromatic heterocycles. The molecule has 0 aliphatic carbocycles. The number of aryl methyl sites for hydroxylation is 1. The Hall–Kier alpha value is -2.43. The summed E-state index contributed by atoms with van der Waals surface area (Å²) in [6, 6.07) is 9.85. The van der Waals surface area contributed by atoms with Gasteiger partial charge in [0.25, 0.3) is 11.5 Å². The third-order valence-corrected chi connectivity index (χ3v) is 3.18. The summed E-state index contributed by atoms with van der Waals surface area (Å²) in [4.78, 5) is 37.2. The van der Waals surface area contributed by atoms with Crippen molar-refractivity contribution in [2.45, 2.75) is 33.2 Å². The Morgan fingerprint density at radius 1 is 1.05 bits per heavy atom. The first-order valence-corrected chi connectivity index (χ1v) is 6.69. The fourth-order valence-corrected chi connectivity index (χ4v) is 2.23. The van der Waals surface area contributed by atoms with E-state index in [9.17, 15) is 14.4 Å². The topological polar surface area (TPSA) is 61.1 Å². The molecule has 0 radical (unpaired) electrons. The molecule has 0 saturated carbocycles. The van der Waals surface area contributed by atoms with Crippen LogP contribution in [0.15, 0.2) is 46.0 Å². The Kier molecular flexibility index (Phi) is 3.68. The van der Waals surface area contributed by atoms with Crippen molar-refractivity contribution in [1.29, 1.82) is 0 Å². The van der Waals surface area contributed by atoms with E-state index in [-0.39, 0.29) is 0 Å². The van der Waals surface area contributed by atoms with Gasteiger partial charge in [0.2, 0.25) is 0 Å². The zero-order valence-corrected chi connectivity index (χ0v) is 12.6. The second-order valence-corrected chi connectivity index (χ2v) is 5.92. The fourth-order valence-electron chi connectivity index (χ4n) is 2.23. The van der Waals surface area contributed by atoms with E-state index in [1.807, 2.05) is 0 Å². The molecule has 0 N–H and O–H groups in total. The van der Waals surface area contributed by atoms with E-state index < -0.39 is 22.7 Å². The fraction of sp³-hybridized carbons (Fsp3) is 0.312. The van der Waals surface area contributed by atoms with Crippen molar-refractivity contribution in [1.82, 2.24) is 9.13 Å². The Balaban J connectivity index is 2.74. The summed E-state index contributed by atoms with van der Waals surface area (Å²) in [5, 5.41) is 0. The highest BCUT2D eigenvalue weighted by molar-refractivity contribution is 5.96. The standard InChI is InChI=1S/C16H18N2O3/c1-11-10-13(19)18(16(2,3)4)15(21)17(11)14(20)12-8-6-5-7-9-12/h5-10H,1-4H3. The predicted octanol–water partition coefficient (Wildman–Crippen LogP) is 1.76. The maximum Gasteiger partial charge on any atom is 0.338 e. The van der Waals surface area contributed by atoms with Gasteiger partial charge in [-0.1, -0.05) is 18.2 Å². The van der Waals surface area contributed by atoms with Crippen molar-refractivity contribution in [3.63, 3.8) is 0 Å². The molecule has 0 spiro atoms. The lowest BCUT2D eigenvalue weighted by atomic mass is 10.1. The first-order valence-electron chi connectivity index (χ1n) is 6.69. The number of benzene rings is 1. The summed E-state index contributed by atoms with van der Waals surface area (Å²) in [6.07, 6.45) is 0. The van der Waals surface area contributed by atoms with Crippen molar-refractivity contribution in [3.05, 3.63) is 68.5 Å². The van der Waals surface area contributed by atoms with Crippen molar-refractivity contribution in [2.75, 3.05) is 0 Å². The molecule has 1 aromatic carbocycles. The Morgan fingerprint density at radius 3 is 2.14 bits per heavy atom. The van der Waals surface area contributed by atoms with Gasteiger partial charge in [0.1, 0.15) is 0 Å². The molecule has 21 heavy (non-hydrogen) atoms. The molecule has 1 heterocycles. The zero-order chi connectivity index (χ0) is 15.8. The number of carbonyl (C=O) groups excluding carboxylic acids is 1. The molecule has 5 heteroatoms. The van der Waals surface area contributed by atoms with Crippen LogP contribution in [0.1, 0.15) is 36.8 Å². The first kappa shape index (κ1) is 15.0. The minimum atomic E-state index is -0.694. The molecule has 0 aliphatic heterocycles. The largest absolute Gasteiger partial charge is 0.338 e. The minimum absolute atomic E-state index is 0.333. The van der Waals surface area contributed by atoms with E-state index in [1.165, 1.54) is 6.07 Å². The minimum Gasteiger partial charge on any atom is -0.269 e. The van der Waals surface area contributed by atoms with Crippen LogP contribution in [0, 0.1) is 6.92 Å². The lowest BCUT2D eigenvalue weighted by molar-refractivity contribution is 0.0947. The molecular weight excluding hydrogens is 268 g/mol. The van der Waals surface area contributed by atoms with Gasteiger partial charge in [0.15, 0.2) is 0 Å². The Labute approximate surface area is 122 Å². The molecule has 0 amide bonds.